The summed E-state index contributed by atoms with van der Waals surface area (Å²) in [6, 6.07) is 18.2. The Hall–Kier alpha value is -2.55. The van der Waals surface area contributed by atoms with Gasteiger partial charge >= 0.3 is 5.97 Å². The van der Waals surface area contributed by atoms with Gasteiger partial charge in [-0.2, -0.15) is 0 Å². The standard InChI is InChI=1S/C19H20O3/c1-2-19(20)22-15-9-8-14-21-18-13-7-6-12-17(18)16-10-4-3-5-11-16/h2-7,10-13H,1,8-9,14-15H2. The van der Waals surface area contributed by atoms with Gasteiger partial charge < -0.3 is 9.47 Å². The van der Waals surface area contributed by atoms with Crippen molar-refractivity contribution in [1.29, 1.82) is 0 Å². The fourth-order valence-electron chi connectivity index (χ4n) is 2.07. The van der Waals surface area contributed by atoms with Crippen LogP contribution < -0.4 is 4.74 Å². The molecule has 3 nitrogen and oxygen atoms in total. The molecule has 0 aromatic heterocycles. The second-order valence-electron chi connectivity index (χ2n) is 4.79. The van der Waals surface area contributed by atoms with Crippen molar-refractivity contribution < 1.29 is 14.3 Å². The minimum atomic E-state index is -0.379. The van der Waals surface area contributed by atoms with Gasteiger partial charge in [0.2, 0.25) is 0 Å². The maximum atomic E-state index is 10.9. The predicted octanol–water partition coefficient (Wildman–Crippen LogP) is 4.24. The van der Waals surface area contributed by atoms with E-state index < -0.39 is 0 Å². The number of carbonyl (C=O) groups is 1. The summed E-state index contributed by atoms with van der Waals surface area (Å²) >= 11 is 0. The average molecular weight is 296 g/mol. The van der Waals surface area contributed by atoms with Crippen LogP contribution in [0.2, 0.25) is 0 Å². The maximum Gasteiger partial charge on any atom is 0.330 e. The molecule has 0 bridgehead atoms. The number of rotatable bonds is 8. The molecule has 0 aliphatic rings. The van der Waals surface area contributed by atoms with E-state index in [2.05, 4.69) is 24.8 Å². The first-order valence-electron chi connectivity index (χ1n) is 7.37. The molecule has 2 aromatic carbocycles. The van der Waals surface area contributed by atoms with E-state index in [1.165, 1.54) is 6.08 Å². The molecule has 0 heterocycles. The Balaban J connectivity index is 1.84. The highest BCUT2D eigenvalue weighted by Gasteiger charge is 2.05. The van der Waals surface area contributed by atoms with Crippen LogP contribution in [0.3, 0.4) is 0 Å². The molecule has 0 aliphatic carbocycles. The SMILES string of the molecule is C=CC(=O)OCCCCOc1ccccc1-c1ccccc1. The second kappa shape index (κ2) is 8.67. The van der Waals surface area contributed by atoms with Gasteiger partial charge in [-0.15, -0.1) is 0 Å². The lowest BCUT2D eigenvalue weighted by atomic mass is 10.1. The van der Waals surface area contributed by atoms with Crippen LogP contribution >= 0.6 is 0 Å². The summed E-state index contributed by atoms with van der Waals surface area (Å²) < 4.78 is 10.8. The lowest BCUT2D eigenvalue weighted by Gasteiger charge is -2.11. The molecule has 114 valence electrons. The Morgan fingerprint density at radius 2 is 1.64 bits per heavy atom. The molecule has 0 N–H and O–H groups in total. The Morgan fingerprint density at radius 3 is 2.41 bits per heavy atom. The number of ether oxygens (including phenoxy) is 2. The summed E-state index contributed by atoms with van der Waals surface area (Å²) in [5.74, 6) is 0.493. The Labute approximate surface area is 131 Å². The van der Waals surface area contributed by atoms with Gasteiger partial charge in [-0.3, -0.25) is 0 Å². The first-order chi connectivity index (χ1) is 10.8. The Bertz CT molecular complexity index is 605. The summed E-state index contributed by atoms with van der Waals surface area (Å²) in [6.07, 6.45) is 2.77. The van der Waals surface area contributed by atoms with Gasteiger partial charge in [0.1, 0.15) is 5.75 Å². The van der Waals surface area contributed by atoms with Crippen LogP contribution in [0.5, 0.6) is 5.75 Å². The molecule has 0 radical (unpaired) electrons. The largest absolute Gasteiger partial charge is 0.493 e. The number of esters is 1. The highest BCUT2D eigenvalue weighted by molar-refractivity contribution is 5.81. The van der Waals surface area contributed by atoms with Gasteiger partial charge in [0.05, 0.1) is 13.2 Å². The maximum absolute atomic E-state index is 10.9. The van der Waals surface area contributed by atoms with E-state index >= 15 is 0 Å². The van der Waals surface area contributed by atoms with Gasteiger partial charge in [0.25, 0.3) is 0 Å². The normalized spacial score (nSPS) is 10.0. The molecule has 0 unspecified atom stereocenters. The van der Waals surface area contributed by atoms with Gasteiger partial charge in [0.15, 0.2) is 0 Å². The molecule has 0 spiro atoms. The van der Waals surface area contributed by atoms with Gasteiger partial charge in [-0.05, 0) is 24.5 Å². The minimum Gasteiger partial charge on any atom is -0.493 e. The number of hydrogen-bond donors (Lipinski definition) is 0. The topological polar surface area (TPSA) is 35.5 Å². The van der Waals surface area contributed by atoms with Crippen molar-refractivity contribution >= 4 is 5.97 Å². The zero-order chi connectivity index (χ0) is 15.6. The lowest BCUT2D eigenvalue weighted by Crippen LogP contribution is -2.04. The third-order valence-electron chi connectivity index (χ3n) is 3.18. The van der Waals surface area contributed by atoms with E-state index in [-0.39, 0.29) is 5.97 Å². The van der Waals surface area contributed by atoms with E-state index in [9.17, 15) is 4.79 Å². The first-order valence-corrected chi connectivity index (χ1v) is 7.37. The van der Waals surface area contributed by atoms with Crippen molar-refractivity contribution in [2.24, 2.45) is 0 Å². The third kappa shape index (κ3) is 4.77. The molecule has 0 aliphatic heterocycles. The fraction of sp³-hybridized carbons (Fsp3) is 0.211. The molecule has 0 saturated heterocycles. The lowest BCUT2D eigenvalue weighted by molar-refractivity contribution is -0.137. The van der Waals surface area contributed by atoms with Crippen LogP contribution in [-0.2, 0) is 9.53 Å². The van der Waals surface area contributed by atoms with Crippen LogP contribution in [0.4, 0.5) is 0 Å². The number of hydrogen-bond acceptors (Lipinski definition) is 3. The van der Waals surface area contributed by atoms with E-state index in [0.717, 1.165) is 29.7 Å². The summed E-state index contributed by atoms with van der Waals surface area (Å²) in [4.78, 5) is 10.9. The third-order valence-corrected chi connectivity index (χ3v) is 3.18. The minimum absolute atomic E-state index is 0.379. The molecule has 2 rings (SSSR count). The molecular formula is C19H20O3. The van der Waals surface area contributed by atoms with E-state index in [0.29, 0.717) is 13.2 Å². The van der Waals surface area contributed by atoms with Gasteiger partial charge in [-0.25, -0.2) is 4.79 Å². The fourth-order valence-corrected chi connectivity index (χ4v) is 2.07. The highest BCUT2D eigenvalue weighted by Crippen LogP contribution is 2.29. The second-order valence-corrected chi connectivity index (χ2v) is 4.79. The highest BCUT2D eigenvalue weighted by atomic mass is 16.5. The van der Waals surface area contributed by atoms with Crippen molar-refractivity contribution in [2.45, 2.75) is 12.8 Å². The van der Waals surface area contributed by atoms with Crippen LogP contribution in [0, 0.1) is 0 Å². The van der Waals surface area contributed by atoms with Gasteiger partial charge in [0, 0.05) is 11.6 Å². The number of para-hydroxylation sites is 1. The van der Waals surface area contributed by atoms with Gasteiger partial charge in [-0.1, -0.05) is 55.1 Å². The van der Waals surface area contributed by atoms with E-state index in [1.54, 1.807) is 0 Å². The van der Waals surface area contributed by atoms with E-state index in [4.69, 9.17) is 9.47 Å². The molecule has 0 atom stereocenters. The summed E-state index contributed by atoms with van der Waals surface area (Å²) in [5.41, 5.74) is 2.22. The zero-order valence-electron chi connectivity index (χ0n) is 12.5. The monoisotopic (exact) mass is 296 g/mol. The number of unbranched alkanes of at least 4 members (excludes halogenated alkanes) is 1. The quantitative estimate of drug-likeness (QED) is 0.415. The Kier molecular flexibility index (Phi) is 6.24. The molecule has 3 heteroatoms. The molecule has 2 aromatic rings. The van der Waals surface area contributed by atoms with Crippen LogP contribution in [0.1, 0.15) is 12.8 Å². The zero-order valence-corrected chi connectivity index (χ0v) is 12.5. The van der Waals surface area contributed by atoms with Crippen molar-refractivity contribution in [3.05, 3.63) is 67.3 Å². The van der Waals surface area contributed by atoms with Crippen molar-refractivity contribution in [3.63, 3.8) is 0 Å². The van der Waals surface area contributed by atoms with Crippen LogP contribution in [-0.4, -0.2) is 19.2 Å². The predicted molar refractivity (Wildman–Crippen MR) is 87.8 cm³/mol. The first kappa shape index (κ1) is 15.8. The molecule has 22 heavy (non-hydrogen) atoms. The van der Waals surface area contributed by atoms with Crippen LogP contribution in [0.15, 0.2) is 67.3 Å². The van der Waals surface area contributed by atoms with E-state index in [1.807, 2.05) is 36.4 Å². The number of carbonyl (C=O) groups excluding carboxylic acids is 1. The summed E-state index contributed by atoms with van der Waals surface area (Å²) in [6.45, 7) is 4.34. The molecule has 0 fully saturated rings. The van der Waals surface area contributed by atoms with Crippen molar-refractivity contribution in [3.8, 4) is 16.9 Å². The molecule has 0 saturated carbocycles. The summed E-state index contributed by atoms with van der Waals surface area (Å²) in [5, 5.41) is 0. The Morgan fingerprint density at radius 1 is 0.955 bits per heavy atom. The van der Waals surface area contributed by atoms with Crippen molar-refractivity contribution in [2.75, 3.05) is 13.2 Å². The number of benzene rings is 2. The smallest absolute Gasteiger partial charge is 0.330 e. The summed E-state index contributed by atoms with van der Waals surface area (Å²) in [7, 11) is 0. The average Bonchev–Trinajstić information content (AvgIpc) is 2.59. The molecule has 0 amide bonds. The van der Waals surface area contributed by atoms with Crippen molar-refractivity contribution in [1.82, 2.24) is 0 Å². The molecular weight excluding hydrogens is 276 g/mol. The van der Waals surface area contributed by atoms with Crippen LogP contribution in [0.25, 0.3) is 11.1 Å².